The highest BCUT2D eigenvalue weighted by Gasteiger charge is 1.84. The fraction of sp³-hybridized carbons (Fsp3) is 0.200. The highest BCUT2D eigenvalue weighted by Crippen LogP contribution is 1.98. The minimum atomic E-state index is -3.13. The molecule has 0 aromatic carbocycles. The van der Waals surface area contributed by atoms with Gasteiger partial charge >= 0.3 is 8.25 Å². The van der Waals surface area contributed by atoms with E-state index in [4.69, 9.17) is 14.4 Å². The fourth-order valence-corrected chi connectivity index (χ4v) is 0.449. The number of hydrogen-bond donors (Lipinski definition) is 3. The molecule has 0 aliphatic rings. The molecule has 6 nitrogen and oxygen atoms in total. The molecule has 0 bridgehead atoms. The number of H-pyrrole nitrogens is 1. The number of nitrogens with one attached hydrogen (secondary N) is 1. The fourth-order valence-electron chi connectivity index (χ4n) is 0.449. The number of halogens is 1. The molecule has 8 heteroatoms. The Kier molecular flexibility index (Phi) is 6.99. The van der Waals surface area contributed by atoms with Gasteiger partial charge in [0.25, 0.3) is 0 Å². The molecule has 1 heterocycles. The van der Waals surface area contributed by atoms with Crippen molar-refractivity contribution in [2.45, 2.75) is 0 Å². The third kappa shape index (κ3) is 8.87. The number of hydrogen-bond acceptors (Lipinski definition) is 3. The van der Waals surface area contributed by atoms with E-state index in [0.717, 1.165) is 0 Å². The van der Waals surface area contributed by atoms with Crippen LogP contribution in [0.3, 0.4) is 0 Å². The molecule has 13 heavy (non-hydrogen) atoms. The maximum atomic E-state index is 11.4. The molecule has 0 atom stereocenters. The van der Waals surface area contributed by atoms with Crippen LogP contribution in [-0.4, -0.2) is 31.6 Å². The zero-order valence-electron chi connectivity index (χ0n) is 6.51. The zero-order valence-corrected chi connectivity index (χ0v) is 7.51. The van der Waals surface area contributed by atoms with Crippen molar-refractivity contribution in [1.29, 1.82) is 0 Å². The van der Waals surface area contributed by atoms with E-state index >= 15 is 0 Å². The summed E-state index contributed by atoms with van der Waals surface area (Å²) in [6.07, 6.45) is 4.30. The van der Waals surface area contributed by atoms with E-state index < -0.39 is 14.9 Å². The Morgan fingerprint density at radius 1 is 1.69 bits per heavy atom. The van der Waals surface area contributed by atoms with E-state index in [2.05, 4.69) is 15.2 Å². The van der Waals surface area contributed by atoms with E-state index in [1.807, 2.05) is 0 Å². The molecular weight excluding hydrogens is 200 g/mol. The number of nitrogens with zero attached hydrogens (tertiary/aromatic N) is 2. The van der Waals surface area contributed by atoms with Crippen molar-refractivity contribution in [2.24, 2.45) is 0 Å². The van der Waals surface area contributed by atoms with Gasteiger partial charge in [0, 0.05) is 0 Å². The summed E-state index contributed by atoms with van der Waals surface area (Å²) in [4.78, 5) is 18.0. The Balaban J connectivity index is 0.000000310. The maximum absolute atomic E-state index is 11.4. The lowest BCUT2D eigenvalue weighted by atomic mass is 10.5. The summed E-state index contributed by atoms with van der Waals surface area (Å²) in [7, 11) is -3.13. The van der Waals surface area contributed by atoms with Gasteiger partial charge in [0.1, 0.15) is 13.0 Å². The average Bonchev–Trinajstić information content (AvgIpc) is 2.51. The van der Waals surface area contributed by atoms with Gasteiger partial charge in [-0.1, -0.05) is 0 Å². The van der Waals surface area contributed by atoms with Gasteiger partial charge in [-0.15, -0.1) is 0 Å². The van der Waals surface area contributed by atoms with Crippen LogP contribution in [0.25, 0.3) is 6.08 Å². The highest BCUT2D eigenvalue weighted by atomic mass is 31.1. The Labute approximate surface area is 74.1 Å². The molecule has 0 aliphatic carbocycles. The molecular formula is C5H9FN3O3P. The van der Waals surface area contributed by atoms with E-state index in [0.29, 0.717) is 5.82 Å². The first kappa shape index (κ1) is 12.0. The zero-order chi connectivity index (χ0) is 10.1. The second kappa shape index (κ2) is 7.60. The Morgan fingerprint density at radius 2 is 2.31 bits per heavy atom. The molecule has 1 aromatic rings. The summed E-state index contributed by atoms with van der Waals surface area (Å²) in [6.45, 7) is -0.478. The van der Waals surface area contributed by atoms with Gasteiger partial charge in [0.05, 0.1) is 0 Å². The topological polar surface area (TPSA) is 99.1 Å². The van der Waals surface area contributed by atoms with Gasteiger partial charge in [0.2, 0.25) is 0 Å². The number of alkyl halides is 1. The third-order valence-electron chi connectivity index (χ3n) is 0.790. The highest BCUT2D eigenvalue weighted by molar-refractivity contribution is 7.30. The average molecular weight is 209 g/mol. The van der Waals surface area contributed by atoms with Crippen molar-refractivity contribution < 1.29 is 18.7 Å². The van der Waals surface area contributed by atoms with Gasteiger partial charge in [-0.2, -0.15) is 5.10 Å². The van der Waals surface area contributed by atoms with Crippen molar-refractivity contribution in [3.63, 3.8) is 0 Å². The predicted octanol–water partition coefficient (Wildman–Crippen LogP) is 0.148. The first-order chi connectivity index (χ1) is 6.16. The van der Waals surface area contributed by atoms with Crippen LogP contribution in [0.15, 0.2) is 12.4 Å². The van der Waals surface area contributed by atoms with Crippen molar-refractivity contribution in [1.82, 2.24) is 15.2 Å². The molecule has 74 valence electrons. The molecule has 0 spiro atoms. The molecule has 0 amide bonds. The second-order valence-corrected chi connectivity index (χ2v) is 2.26. The molecule has 0 aliphatic heterocycles. The maximum Gasteiger partial charge on any atom is 0.314 e. The summed E-state index contributed by atoms with van der Waals surface area (Å²) >= 11 is 0. The summed E-state index contributed by atoms with van der Waals surface area (Å²) in [5.74, 6) is 0.507. The largest absolute Gasteiger partial charge is 0.326 e. The van der Waals surface area contributed by atoms with E-state index in [-0.39, 0.29) is 0 Å². The van der Waals surface area contributed by atoms with E-state index in [1.54, 1.807) is 0 Å². The van der Waals surface area contributed by atoms with E-state index in [9.17, 15) is 4.39 Å². The van der Waals surface area contributed by atoms with Gasteiger partial charge in [0.15, 0.2) is 5.82 Å². The minimum Gasteiger partial charge on any atom is -0.326 e. The third-order valence-corrected chi connectivity index (χ3v) is 0.790. The lowest BCUT2D eigenvalue weighted by molar-refractivity contribution is 0.405. The lowest BCUT2D eigenvalue weighted by Gasteiger charge is -1.74. The van der Waals surface area contributed by atoms with Crippen LogP contribution in [0.1, 0.15) is 5.82 Å². The van der Waals surface area contributed by atoms with Crippen LogP contribution in [0.5, 0.6) is 0 Å². The summed E-state index contributed by atoms with van der Waals surface area (Å²) in [5, 5.41) is 6.17. The van der Waals surface area contributed by atoms with Crippen LogP contribution < -0.4 is 0 Å². The summed E-state index contributed by atoms with van der Waals surface area (Å²) in [5.41, 5.74) is 0. The SMILES string of the molecule is FCC=Cc1nc[nH]n1.O=[PH](O)O. The van der Waals surface area contributed by atoms with Crippen molar-refractivity contribution >= 4 is 14.3 Å². The predicted molar refractivity (Wildman–Crippen MR) is 44.8 cm³/mol. The van der Waals surface area contributed by atoms with E-state index in [1.165, 1.54) is 18.5 Å². The molecule has 0 unspecified atom stereocenters. The minimum absolute atomic E-state index is 0.478. The van der Waals surface area contributed by atoms with Gasteiger partial charge < -0.3 is 9.79 Å². The van der Waals surface area contributed by atoms with Crippen molar-refractivity contribution in [2.75, 3.05) is 6.67 Å². The van der Waals surface area contributed by atoms with Crippen LogP contribution in [0, 0.1) is 0 Å². The van der Waals surface area contributed by atoms with Crippen LogP contribution in [0.4, 0.5) is 4.39 Å². The lowest BCUT2D eigenvalue weighted by Crippen LogP contribution is -1.73. The number of rotatable bonds is 2. The van der Waals surface area contributed by atoms with Crippen LogP contribution in [-0.2, 0) is 4.57 Å². The monoisotopic (exact) mass is 209 g/mol. The Hall–Kier alpha value is -1.04. The molecule has 0 saturated carbocycles. The van der Waals surface area contributed by atoms with Gasteiger partial charge in [-0.05, 0) is 12.2 Å². The number of aromatic nitrogens is 3. The van der Waals surface area contributed by atoms with Crippen molar-refractivity contribution in [3.8, 4) is 0 Å². The number of allylic oxidation sites excluding steroid dienone is 1. The first-order valence-corrected chi connectivity index (χ1v) is 4.47. The summed E-state index contributed by atoms with van der Waals surface area (Å²) in [6, 6.07) is 0. The molecule has 0 fully saturated rings. The van der Waals surface area contributed by atoms with Gasteiger partial charge in [-0.25, -0.2) is 9.37 Å². The molecule has 0 radical (unpaired) electrons. The quantitative estimate of drug-likeness (QED) is 0.602. The normalized spacial score (nSPS) is 10.2. The van der Waals surface area contributed by atoms with Crippen LogP contribution in [0.2, 0.25) is 0 Å². The summed E-state index contributed by atoms with van der Waals surface area (Å²) < 4.78 is 20.2. The number of aromatic amines is 1. The molecule has 1 rings (SSSR count). The van der Waals surface area contributed by atoms with Gasteiger partial charge in [-0.3, -0.25) is 9.66 Å². The first-order valence-electron chi connectivity index (χ1n) is 3.17. The Morgan fingerprint density at radius 3 is 2.69 bits per heavy atom. The van der Waals surface area contributed by atoms with Crippen molar-refractivity contribution in [3.05, 3.63) is 18.2 Å². The van der Waals surface area contributed by atoms with Crippen LogP contribution >= 0.6 is 8.25 Å². The molecule has 0 saturated heterocycles. The smallest absolute Gasteiger partial charge is 0.314 e. The second-order valence-electron chi connectivity index (χ2n) is 1.70. The Bertz CT molecular complexity index is 260. The molecule has 3 N–H and O–H groups in total. The standard InChI is InChI=1S/C5H6FN3.H3O3P/c6-3-1-2-5-7-4-8-9-5;1-4(2)3/h1-2,4H,3H2,(H,7,8,9);4H,(H2,1,2,3). The molecule has 1 aromatic heterocycles.